The minimum atomic E-state index is -0.617. The smallest absolute Gasteiger partial charge is 0.246 e. The number of nitrogens with zero attached hydrogens (tertiary/aromatic N) is 3. The Bertz CT molecular complexity index is 990. The van der Waals surface area contributed by atoms with E-state index >= 15 is 0 Å². The molecular weight excluding hydrogens is 346 g/mol. The van der Waals surface area contributed by atoms with Gasteiger partial charge in [0.25, 0.3) is 0 Å². The predicted molar refractivity (Wildman–Crippen MR) is 99.5 cm³/mol. The first-order chi connectivity index (χ1) is 12.7. The summed E-state index contributed by atoms with van der Waals surface area (Å²) in [5, 5.41) is 20.3. The molecule has 2 aromatic carbocycles. The highest BCUT2D eigenvalue weighted by atomic mass is 32.1. The van der Waals surface area contributed by atoms with E-state index in [0.29, 0.717) is 5.01 Å². The van der Waals surface area contributed by atoms with Crippen molar-refractivity contribution in [2.75, 3.05) is 0 Å². The van der Waals surface area contributed by atoms with Crippen molar-refractivity contribution in [2.45, 2.75) is 18.4 Å². The summed E-state index contributed by atoms with van der Waals surface area (Å²) in [6, 6.07) is 19.1. The van der Waals surface area contributed by atoms with Crippen molar-refractivity contribution in [3.05, 3.63) is 65.2 Å². The van der Waals surface area contributed by atoms with Crippen molar-refractivity contribution in [1.29, 1.82) is 10.7 Å². The first kappa shape index (κ1) is 16.2. The van der Waals surface area contributed by atoms with Gasteiger partial charge in [-0.15, -0.1) is 11.3 Å². The van der Waals surface area contributed by atoms with E-state index in [9.17, 15) is 10.1 Å². The molecule has 0 spiro atoms. The highest BCUT2D eigenvalue weighted by Gasteiger charge is 2.38. The van der Waals surface area contributed by atoms with Crippen molar-refractivity contribution < 1.29 is 4.79 Å². The second kappa shape index (κ2) is 6.58. The molecule has 0 saturated carbocycles. The number of para-hydroxylation sites is 1. The summed E-state index contributed by atoms with van der Waals surface area (Å²) in [6.45, 7) is 0. The van der Waals surface area contributed by atoms with Crippen LogP contribution in [-0.2, 0) is 4.79 Å². The van der Waals surface area contributed by atoms with Gasteiger partial charge in [0.05, 0.1) is 28.7 Å². The summed E-state index contributed by atoms with van der Waals surface area (Å²) in [4.78, 5) is 16.4. The zero-order chi connectivity index (χ0) is 18.1. The fourth-order valence-corrected chi connectivity index (χ4v) is 4.18. The molecule has 26 heavy (non-hydrogen) atoms. The molecule has 2 heterocycles. The van der Waals surface area contributed by atoms with Gasteiger partial charge in [-0.2, -0.15) is 5.26 Å². The third kappa shape index (κ3) is 2.80. The minimum absolute atomic E-state index is 0.0152. The Morgan fingerprint density at radius 3 is 2.58 bits per heavy atom. The van der Waals surface area contributed by atoms with Crippen molar-refractivity contribution in [3.8, 4) is 6.07 Å². The molecule has 0 radical (unpaired) electrons. The summed E-state index contributed by atoms with van der Waals surface area (Å²) < 4.78 is 1.01. The first-order valence-electron chi connectivity index (χ1n) is 8.13. The Kier molecular flexibility index (Phi) is 4.11. The summed E-state index contributed by atoms with van der Waals surface area (Å²) >= 11 is 1.47. The second-order valence-electron chi connectivity index (χ2n) is 6.01. The lowest BCUT2D eigenvalue weighted by atomic mass is 9.93. The highest BCUT2D eigenvalue weighted by Crippen LogP contribution is 2.39. The van der Waals surface area contributed by atoms with E-state index in [1.54, 1.807) is 0 Å². The average Bonchev–Trinajstić information content (AvgIpc) is 3.22. The highest BCUT2D eigenvalue weighted by molar-refractivity contribution is 7.18. The van der Waals surface area contributed by atoms with Gasteiger partial charge in [-0.25, -0.2) is 4.98 Å². The van der Waals surface area contributed by atoms with Crippen LogP contribution in [0.1, 0.15) is 29.0 Å². The number of fused-ring (bicyclic) bond motifs is 1. The van der Waals surface area contributed by atoms with E-state index in [-0.39, 0.29) is 18.2 Å². The van der Waals surface area contributed by atoms with Crippen LogP contribution in [0, 0.1) is 16.7 Å². The van der Waals surface area contributed by atoms with Gasteiger partial charge in [0.1, 0.15) is 16.8 Å². The molecular formula is C19H15N5OS. The fraction of sp³-hybridized carbons (Fsp3) is 0.158. The molecule has 1 amide bonds. The van der Waals surface area contributed by atoms with Gasteiger partial charge in [0.2, 0.25) is 5.91 Å². The van der Waals surface area contributed by atoms with Gasteiger partial charge in [-0.05, 0) is 17.7 Å². The van der Waals surface area contributed by atoms with Gasteiger partial charge in [0.15, 0.2) is 0 Å². The number of hydrazine groups is 1. The molecule has 3 aromatic rings. The van der Waals surface area contributed by atoms with Crippen molar-refractivity contribution >= 4 is 33.3 Å². The quantitative estimate of drug-likeness (QED) is 0.745. The number of thiazole rings is 1. The van der Waals surface area contributed by atoms with Crippen LogP contribution in [0.15, 0.2) is 54.6 Å². The van der Waals surface area contributed by atoms with Crippen LogP contribution in [0.25, 0.3) is 10.2 Å². The van der Waals surface area contributed by atoms with E-state index < -0.39 is 12.0 Å². The lowest BCUT2D eigenvalue weighted by Gasteiger charge is -2.31. The van der Waals surface area contributed by atoms with Crippen LogP contribution < -0.4 is 5.43 Å². The van der Waals surface area contributed by atoms with Gasteiger partial charge in [0, 0.05) is 0 Å². The topological polar surface area (TPSA) is 92.9 Å². The standard InChI is InChI=1S/C19H15N5OS/c20-11-13(19-22-14-8-4-5-9-15(14)26-19)18(12-6-2-1-3-7-12)24-16(21)10-17(25)23-24/h1-9,13,18,21H,10H2,(H,23,25)/t13-,18-/m1/s1. The fourth-order valence-electron chi connectivity index (χ4n) is 3.14. The van der Waals surface area contributed by atoms with E-state index in [1.165, 1.54) is 16.3 Å². The Morgan fingerprint density at radius 2 is 1.92 bits per heavy atom. The van der Waals surface area contributed by atoms with Gasteiger partial charge >= 0.3 is 0 Å². The van der Waals surface area contributed by atoms with Crippen molar-refractivity contribution in [2.24, 2.45) is 0 Å². The van der Waals surface area contributed by atoms with Gasteiger partial charge in [-0.1, -0.05) is 42.5 Å². The van der Waals surface area contributed by atoms with Crippen LogP contribution in [0.5, 0.6) is 0 Å². The molecule has 0 bridgehead atoms. The number of benzene rings is 2. The number of amidine groups is 1. The van der Waals surface area contributed by atoms with Gasteiger partial charge in [-0.3, -0.25) is 20.6 Å². The van der Waals surface area contributed by atoms with E-state index in [1.807, 2.05) is 54.6 Å². The number of carbonyl (C=O) groups excluding carboxylic acids is 1. The van der Waals surface area contributed by atoms with E-state index in [2.05, 4.69) is 16.5 Å². The SMILES string of the molecule is N#C[C@@H](c1nc2ccccc2s1)[C@@H](c1ccccc1)N1NC(=O)CC1=N. The molecule has 2 atom stereocenters. The normalized spacial score (nSPS) is 16.3. The molecule has 1 aromatic heterocycles. The largest absolute Gasteiger partial charge is 0.287 e. The van der Waals surface area contributed by atoms with Crippen LogP contribution in [0.3, 0.4) is 0 Å². The maximum absolute atomic E-state index is 11.8. The molecule has 1 fully saturated rings. The van der Waals surface area contributed by atoms with Crippen molar-refractivity contribution in [3.63, 3.8) is 0 Å². The monoisotopic (exact) mass is 361 g/mol. The van der Waals surface area contributed by atoms with E-state index in [4.69, 9.17) is 5.41 Å². The predicted octanol–water partition coefficient (Wildman–Crippen LogP) is 3.36. The number of aromatic nitrogens is 1. The molecule has 4 rings (SSSR count). The molecule has 6 nitrogen and oxygen atoms in total. The number of nitriles is 1. The lowest BCUT2D eigenvalue weighted by molar-refractivity contribution is -0.121. The molecule has 0 aliphatic carbocycles. The van der Waals surface area contributed by atoms with Crippen LogP contribution in [-0.4, -0.2) is 21.7 Å². The zero-order valence-corrected chi connectivity index (χ0v) is 14.5. The minimum Gasteiger partial charge on any atom is -0.287 e. The summed E-state index contributed by atoms with van der Waals surface area (Å²) in [5.41, 5.74) is 4.42. The molecule has 1 aliphatic rings. The Labute approximate surface area is 154 Å². The molecule has 7 heteroatoms. The number of hydrogen-bond acceptors (Lipinski definition) is 5. The van der Waals surface area contributed by atoms with Crippen LogP contribution >= 0.6 is 11.3 Å². The van der Waals surface area contributed by atoms with E-state index in [0.717, 1.165) is 15.8 Å². The second-order valence-corrected chi connectivity index (χ2v) is 7.07. The first-order valence-corrected chi connectivity index (χ1v) is 8.95. The average molecular weight is 361 g/mol. The summed E-state index contributed by atoms with van der Waals surface area (Å²) in [7, 11) is 0. The summed E-state index contributed by atoms with van der Waals surface area (Å²) in [5.74, 6) is -0.698. The lowest BCUT2D eigenvalue weighted by Crippen LogP contribution is -2.41. The molecule has 128 valence electrons. The number of amides is 1. The maximum Gasteiger partial charge on any atom is 0.246 e. The van der Waals surface area contributed by atoms with Gasteiger partial charge < -0.3 is 0 Å². The number of rotatable bonds is 4. The number of hydrogen-bond donors (Lipinski definition) is 2. The number of nitrogens with one attached hydrogen (secondary N) is 2. The third-order valence-corrected chi connectivity index (χ3v) is 5.43. The zero-order valence-electron chi connectivity index (χ0n) is 13.7. The summed E-state index contributed by atoms with van der Waals surface area (Å²) in [6.07, 6.45) is 0.0152. The van der Waals surface area contributed by atoms with Crippen LogP contribution in [0.4, 0.5) is 0 Å². The van der Waals surface area contributed by atoms with Crippen molar-refractivity contribution in [1.82, 2.24) is 15.4 Å². The Hall–Kier alpha value is -3.24. The Balaban J connectivity index is 1.82. The third-order valence-electron chi connectivity index (χ3n) is 4.31. The van der Waals surface area contributed by atoms with Crippen LogP contribution in [0.2, 0.25) is 0 Å². The molecule has 1 aliphatic heterocycles. The molecule has 0 unspecified atom stereocenters. The maximum atomic E-state index is 11.8. The number of carbonyl (C=O) groups is 1. The Morgan fingerprint density at radius 1 is 1.19 bits per heavy atom. The molecule has 2 N–H and O–H groups in total. The molecule has 1 saturated heterocycles.